The molecule has 0 spiro atoms. The monoisotopic (exact) mass is 412 g/mol. The molecule has 3 aromatic rings. The van der Waals surface area contributed by atoms with Crippen LogP contribution in [0.15, 0.2) is 54.6 Å². The first-order valence-corrected chi connectivity index (χ1v) is 10.4. The summed E-state index contributed by atoms with van der Waals surface area (Å²) in [6, 6.07) is 16.5. The maximum atomic E-state index is 12.3. The average Bonchev–Trinajstić information content (AvgIpc) is 3.10. The Balaban J connectivity index is 1.66. The summed E-state index contributed by atoms with van der Waals surface area (Å²) >= 11 is 7.46. The minimum atomic E-state index is -0.205. The lowest BCUT2D eigenvalue weighted by Gasteiger charge is -2.02. The van der Waals surface area contributed by atoms with Crippen LogP contribution in [0.1, 0.15) is 41.4 Å². The van der Waals surface area contributed by atoms with Crippen LogP contribution in [0.4, 0.5) is 5.13 Å². The molecule has 28 heavy (non-hydrogen) atoms. The second-order valence-electron chi connectivity index (χ2n) is 6.39. The number of hydrogen-bond donors (Lipinski definition) is 1. The Bertz CT molecular complexity index is 952. The molecule has 144 valence electrons. The molecule has 6 heteroatoms. The Kier molecular flexibility index (Phi) is 6.95. The molecule has 1 heterocycles. The number of thiazole rings is 1. The molecule has 0 atom stereocenters. The van der Waals surface area contributed by atoms with E-state index in [2.05, 4.69) is 17.2 Å². The first-order valence-electron chi connectivity index (χ1n) is 9.20. The fourth-order valence-electron chi connectivity index (χ4n) is 2.81. The van der Waals surface area contributed by atoms with E-state index in [1.54, 1.807) is 12.1 Å². The van der Waals surface area contributed by atoms with Gasteiger partial charge >= 0.3 is 0 Å². The minimum Gasteiger partial charge on any atom is -0.302 e. The van der Waals surface area contributed by atoms with Gasteiger partial charge in [0, 0.05) is 33.9 Å². The summed E-state index contributed by atoms with van der Waals surface area (Å²) in [4.78, 5) is 30.2. The molecule has 0 aliphatic carbocycles. The molecular formula is C22H21ClN2O2S. The number of amides is 1. The van der Waals surface area contributed by atoms with Gasteiger partial charge in [-0.25, -0.2) is 4.98 Å². The van der Waals surface area contributed by atoms with Crippen LogP contribution in [0.2, 0.25) is 5.02 Å². The number of carbonyl (C=O) groups excluding carboxylic acids is 2. The Morgan fingerprint density at radius 3 is 2.43 bits per heavy atom. The van der Waals surface area contributed by atoms with E-state index in [1.165, 1.54) is 11.3 Å². The van der Waals surface area contributed by atoms with Crippen LogP contribution >= 0.6 is 22.9 Å². The predicted molar refractivity (Wildman–Crippen MR) is 115 cm³/mol. The third-order valence-corrected chi connectivity index (χ3v) is 5.50. The highest BCUT2D eigenvalue weighted by molar-refractivity contribution is 7.16. The zero-order valence-electron chi connectivity index (χ0n) is 15.6. The number of halogens is 1. The van der Waals surface area contributed by atoms with Crippen LogP contribution in [0.5, 0.6) is 0 Å². The molecule has 0 unspecified atom stereocenters. The van der Waals surface area contributed by atoms with Crippen molar-refractivity contribution in [3.63, 3.8) is 0 Å². The first-order chi connectivity index (χ1) is 13.6. The van der Waals surface area contributed by atoms with Crippen LogP contribution in [-0.2, 0) is 11.2 Å². The lowest BCUT2D eigenvalue weighted by atomic mass is 10.1. The molecule has 1 aromatic heterocycles. The Morgan fingerprint density at radius 1 is 1.04 bits per heavy atom. The predicted octanol–water partition coefficient (Wildman–Crippen LogP) is 6.02. The van der Waals surface area contributed by atoms with Gasteiger partial charge < -0.3 is 5.32 Å². The summed E-state index contributed by atoms with van der Waals surface area (Å²) in [6.07, 6.45) is 2.18. The number of Topliss-reactive ketones (excluding diaryl/α,β-unsaturated/α-hetero) is 1. The molecule has 0 aliphatic heterocycles. The number of anilines is 1. The molecule has 0 saturated carbocycles. The van der Waals surface area contributed by atoms with Crippen LogP contribution in [0.25, 0.3) is 11.3 Å². The van der Waals surface area contributed by atoms with E-state index in [0.29, 0.717) is 15.7 Å². The number of ketones is 1. The van der Waals surface area contributed by atoms with E-state index in [1.807, 2.05) is 42.5 Å². The molecule has 3 rings (SSSR count). The van der Waals surface area contributed by atoms with Gasteiger partial charge in [-0.2, -0.15) is 0 Å². The van der Waals surface area contributed by atoms with Crippen molar-refractivity contribution in [1.82, 2.24) is 4.98 Å². The van der Waals surface area contributed by atoms with Gasteiger partial charge in [-0.3, -0.25) is 9.59 Å². The van der Waals surface area contributed by atoms with Crippen LogP contribution in [0, 0.1) is 0 Å². The van der Waals surface area contributed by atoms with E-state index in [0.717, 1.165) is 29.0 Å². The second kappa shape index (κ2) is 9.62. The van der Waals surface area contributed by atoms with Gasteiger partial charge in [0.25, 0.3) is 0 Å². The van der Waals surface area contributed by atoms with E-state index in [4.69, 9.17) is 11.6 Å². The Labute approximate surface area is 173 Å². The number of nitrogens with zero attached hydrogens (tertiary/aromatic N) is 1. The van der Waals surface area contributed by atoms with Crippen molar-refractivity contribution in [2.24, 2.45) is 0 Å². The van der Waals surface area contributed by atoms with Crippen LogP contribution in [0.3, 0.4) is 0 Å². The van der Waals surface area contributed by atoms with E-state index in [9.17, 15) is 9.59 Å². The highest BCUT2D eigenvalue weighted by Gasteiger charge is 2.15. The molecule has 4 nitrogen and oxygen atoms in total. The summed E-state index contributed by atoms with van der Waals surface area (Å²) in [5.41, 5.74) is 2.47. The maximum absolute atomic E-state index is 12.3. The first kappa shape index (κ1) is 20.2. The van der Waals surface area contributed by atoms with Gasteiger partial charge in [0.15, 0.2) is 10.9 Å². The summed E-state index contributed by atoms with van der Waals surface area (Å²) < 4.78 is 0. The molecule has 1 N–H and O–H groups in total. The largest absolute Gasteiger partial charge is 0.302 e. The van der Waals surface area contributed by atoms with Crippen molar-refractivity contribution in [3.8, 4) is 11.3 Å². The third-order valence-electron chi connectivity index (χ3n) is 4.21. The molecule has 0 saturated heterocycles. The maximum Gasteiger partial charge on any atom is 0.226 e. The molecule has 0 fully saturated rings. The number of benzene rings is 2. The van der Waals surface area contributed by atoms with Crippen molar-refractivity contribution >= 4 is 39.8 Å². The molecule has 0 bridgehead atoms. The summed E-state index contributed by atoms with van der Waals surface area (Å²) in [5, 5.41) is 4.07. The fourth-order valence-corrected chi connectivity index (χ4v) is 4.04. The number of aromatic nitrogens is 1. The normalized spacial score (nSPS) is 10.6. The number of rotatable bonds is 8. The molecule has 2 aromatic carbocycles. The quantitative estimate of drug-likeness (QED) is 0.460. The van der Waals surface area contributed by atoms with Gasteiger partial charge in [-0.1, -0.05) is 67.4 Å². The molecule has 1 amide bonds. The Hall–Kier alpha value is -2.50. The summed E-state index contributed by atoms with van der Waals surface area (Å²) in [6.45, 7) is 2.11. The van der Waals surface area contributed by atoms with E-state index >= 15 is 0 Å². The van der Waals surface area contributed by atoms with Gasteiger partial charge in [0.2, 0.25) is 5.91 Å². The molecule has 0 radical (unpaired) electrons. The lowest BCUT2D eigenvalue weighted by Crippen LogP contribution is -2.13. The molecular weight excluding hydrogens is 392 g/mol. The standard InChI is InChI=1S/C22H21ClN2O2S/c1-2-6-19-21(16-9-11-17(23)12-10-16)25-22(28-19)24-20(27)14-13-18(26)15-7-4-3-5-8-15/h3-5,7-12H,2,6,13-14H2,1H3,(H,24,25,27). The second-order valence-corrected chi connectivity index (χ2v) is 7.91. The summed E-state index contributed by atoms with van der Waals surface area (Å²) in [7, 11) is 0. The van der Waals surface area contributed by atoms with Gasteiger partial charge in [0.05, 0.1) is 5.69 Å². The van der Waals surface area contributed by atoms with Crippen LogP contribution in [-0.4, -0.2) is 16.7 Å². The zero-order chi connectivity index (χ0) is 19.9. The SMILES string of the molecule is CCCc1sc(NC(=O)CCC(=O)c2ccccc2)nc1-c1ccc(Cl)cc1. The number of nitrogens with one attached hydrogen (secondary N) is 1. The third kappa shape index (κ3) is 5.27. The van der Waals surface area contributed by atoms with Crippen LogP contribution < -0.4 is 5.32 Å². The lowest BCUT2D eigenvalue weighted by molar-refractivity contribution is -0.116. The van der Waals surface area contributed by atoms with Gasteiger partial charge in [-0.05, 0) is 18.6 Å². The zero-order valence-corrected chi connectivity index (χ0v) is 17.1. The smallest absolute Gasteiger partial charge is 0.226 e. The number of hydrogen-bond acceptors (Lipinski definition) is 4. The van der Waals surface area contributed by atoms with Crippen molar-refractivity contribution in [2.75, 3.05) is 5.32 Å². The summed E-state index contributed by atoms with van der Waals surface area (Å²) in [5.74, 6) is -0.243. The Morgan fingerprint density at radius 2 is 1.75 bits per heavy atom. The van der Waals surface area contributed by atoms with Gasteiger partial charge in [0.1, 0.15) is 0 Å². The average molecular weight is 413 g/mol. The highest BCUT2D eigenvalue weighted by Crippen LogP contribution is 2.32. The van der Waals surface area contributed by atoms with Crippen molar-refractivity contribution in [2.45, 2.75) is 32.6 Å². The van der Waals surface area contributed by atoms with Gasteiger partial charge in [-0.15, -0.1) is 11.3 Å². The van der Waals surface area contributed by atoms with Crippen molar-refractivity contribution < 1.29 is 9.59 Å². The van der Waals surface area contributed by atoms with E-state index < -0.39 is 0 Å². The number of carbonyl (C=O) groups is 2. The topological polar surface area (TPSA) is 59.1 Å². The van der Waals surface area contributed by atoms with Crippen molar-refractivity contribution in [1.29, 1.82) is 0 Å². The fraction of sp³-hybridized carbons (Fsp3) is 0.227. The minimum absolute atomic E-state index is 0.0385. The highest BCUT2D eigenvalue weighted by atomic mass is 35.5. The molecule has 0 aliphatic rings. The van der Waals surface area contributed by atoms with Crippen molar-refractivity contribution in [3.05, 3.63) is 70.1 Å². The number of aryl methyl sites for hydroxylation is 1. The van der Waals surface area contributed by atoms with E-state index in [-0.39, 0.29) is 24.5 Å².